The van der Waals surface area contributed by atoms with E-state index < -0.39 is 0 Å². The Balaban J connectivity index is 1.45. The molecule has 1 aliphatic rings. The molecule has 0 unspecified atom stereocenters. The maximum atomic E-state index is 12.5. The molecule has 0 saturated carbocycles. The first-order chi connectivity index (χ1) is 12.6. The van der Waals surface area contributed by atoms with Crippen molar-refractivity contribution in [3.63, 3.8) is 0 Å². The van der Waals surface area contributed by atoms with E-state index in [0.29, 0.717) is 26.1 Å². The van der Waals surface area contributed by atoms with Crippen LogP contribution in [0.5, 0.6) is 0 Å². The van der Waals surface area contributed by atoms with Crippen molar-refractivity contribution < 1.29 is 9.59 Å². The Morgan fingerprint density at radius 3 is 2.50 bits per heavy atom. The van der Waals surface area contributed by atoms with Crippen LogP contribution >= 0.6 is 0 Å². The zero-order chi connectivity index (χ0) is 18.4. The molecule has 0 bridgehead atoms. The summed E-state index contributed by atoms with van der Waals surface area (Å²) in [7, 11) is 0. The van der Waals surface area contributed by atoms with Gasteiger partial charge in [-0.2, -0.15) is 0 Å². The van der Waals surface area contributed by atoms with Gasteiger partial charge in [0.2, 0.25) is 11.8 Å². The van der Waals surface area contributed by atoms with Gasteiger partial charge < -0.3 is 10.2 Å². The minimum atomic E-state index is -0.0145. The number of rotatable bonds is 5. The van der Waals surface area contributed by atoms with E-state index in [9.17, 15) is 9.59 Å². The number of likely N-dealkylation sites (tertiary alicyclic amines) is 1. The molecule has 0 atom stereocenters. The molecule has 1 fully saturated rings. The monoisotopic (exact) mass is 351 g/mol. The number of carbonyl (C=O) groups excluding carboxylic acids is 2. The first kappa shape index (κ1) is 18.1. The van der Waals surface area contributed by atoms with Crippen LogP contribution in [0.25, 0.3) is 0 Å². The molecule has 5 heteroatoms. The number of hydrogen-bond acceptors (Lipinski definition) is 3. The lowest BCUT2D eigenvalue weighted by Crippen LogP contribution is -2.43. The van der Waals surface area contributed by atoms with E-state index >= 15 is 0 Å². The largest absolute Gasteiger partial charge is 0.352 e. The minimum Gasteiger partial charge on any atom is -0.352 e. The van der Waals surface area contributed by atoms with E-state index in [1.807, 2.05) is 48.2 Å². The molecule has 136 valence electrons. The molecule has 5 nitrogen and oxygen atoms in total. The summed E-state index contributed by atoms with van der Waals surface area (Å²) in [5.74, 6) is 0.210. The van der Waals surface area contributed by atoms with E-state index in [4.69, 9.17) is 0 Å². The molecule has 2 aromatic rings. The molecule has 1 N–H and O–H groups in total. The molecule has 26 heavy (non-hydrogen) atoms. The Kier molecular flexibility index (Phi) is 6.00. The van der Waals surface area contributed by atoms with Crippen molar-refractivity contribution in [1.82, 2.24) is 15.2 Å². The van der Waals surface area contributed by atoms with Crippen molar-refractivity contribution in [1.29, 1.82) is 0 Å². The maximum absolute atomic E-state index is 12.5. The maximum Gasteiger partial charge on any atom is 0.226 e. The summed E-state index contributed by atoms with van der Waals surface area (Å²) in [6, 6.07) is 11.8. The van der Waals surface area contributed by atoms with Crippen molar-refractivity contribution >= 4 is 11.8 Å². The van der Waals surface area contributed by atoms with Crippen LogP contribution in [-0.2, 0) is 22.6 Å². The van der Waals surface area contributed by atoms with E-state index in [1.54, 1.807) is 12.4 Å². The van der Waals surface area contributed by atoms with E-state index in [1.165, 1.54) is 0 Å². The fourth-order valence-corrected chi connectivity index (χ4v) is 3.31. The van der Waals surface area contributed by atoms with Gasteiger partial charge in [0.05, 0.1) is 6.42 Å². The second-order valence-electron chi connectivity index (χ2n) is 6.83. The number of piperidine rings is 1. The fourth-order valence-electron chi connectivity index (χ4n) is 3.31. The first-order valence-electron chi connectivity index (χ1n) is 9.12. The van der Waals surface area contributed by atoms with Crippen LogP contribution in [0.3, 0.4) is 0 Å². The average Bonchev–Trinajstić information content (AvgIpc) is 2.69. The number of nitrogens with one attached hydrogen (secondary N) is 1. The van der Waals surface area contributed by atoms with Crippen molar-refractivity contribution in [3.8, 4) is 0 Å². The van der Waals surface area contributed by atoms with E-state index in [-0.39, 0.29) is 17.7 Å². The molecular weight excluding hydrogens is 326 g/mol. The van der Waals surface area contributed by atoms with E-state index in [2.05, 4.69) is 10.3 Å². The van der Waals surface area contributed by atoms with Crippen LogP contribution in [-0.4, -0.2) is 34.8 Å². The highest BCUT2D eigenvalue weighted by Gasteiger charge is 2.27. The number of nitrogens with zero attached hydrogens (tertiary/aromatic N) is 2. The van der Waals surface area contributed by atoms with E-state index in [0.717, 1.165) is 29.5 Å². The van der Waals surface area contributed by atoms with Gasteiger partial charge in [0.15, 0.2) is 0 Å². The van der Waals surface area contributed by atoms with Crippen molar-refractivity contribution in [2.45, 2.75) is 32.7 Å². The van der Waals surface area contributed by atoms with Crippen LogP contribution in [0.1, 0.15) is 29.5 Å². The smallest absolute Gasteiger partial charge is 0.226 e. The summed E-state index contributed by atoms with van der Waals surface area (Å²) in [5, 5.41) is 2.99. The number of aryl methyl sites for hydroxylation is 1. The summed E-state index contributed by atoms with van der Waals surface area (Å²) in [6.45, 7) is 3.85. The zero-order valence-electron chi connectivity index (χ0n) is 15.1. The van der Waals surface area contributed by atoms with Crippen LogP contribution in [0.2, 0.25) is 0 Å². The molecule has 1 saturated heterocycles. The first-order valence-corrected chi connectivity index (χ1v) is 9.12. The second-order valence-corrected chi connectivity index (χ2v) is 6.83. The number of amides is 2. The number of aromatic nitrogens is 1. The van der Waals surface area contributed by atoms with Crippen LogP contribution < -0.4 is 5.32 Å². The molecule has 1 aromatic heterocycles. The highest BCUT2D eigenvalue weighted by Crippen LogP contribution is 2.19. The van der Waals surface area contributed by atoms with Gasteiger partial charge in [-0.3, -0.25) is 14.6 Å². The highest BCUT2D eigenvalue weighted by molar-refractivity contribution is 5.81. The predicted molar refractivity (Wildman–Crippen MR) is 100 cm³/mol. The summed E-state index contributed by atoms with van der Waals surface area (Å²) < 4.78 is 0. The third kappa shape index (κ3) is 4.69. The number of hydrogen-bond donors (Lipinski definition) is 1. The molecule has 1 aromatic carbocycles. The summed E-state index contributed by atoms with van der Waals surface area (Å²) in [6.07, 6.45) is 5.33. The highest BCUT2D eigenvalue weighted by atomic mass is 16.2. The SMILES string of the molecule is Cc1ccccc1CC(=O)N1CCC(C(=O)NCc2ccncc2)CC1. The lowest BCUT2D eigenvalue weighted by molar-refractivity contribution is -0.135. The lowest BCUT2D eigenvalue weighted by atomic mass is 9.95. The van der Waals surface area contributed by atoms with Gasteiger partial charge in [-0.15, -0.1) is 0 Å². The molecule has 1 aliphatic heterocycles. The van der Waals surface area contributed by atoms with Gasteiger partial charge in [-0.05, 0) is 48.6 Å². The van der Waals surface area contributed by atoms with Crippen LogP contribution in [0.4, 0.5) is 0 Å². The molecular formula is C21H25N3O2. The van der Waals surface area contributed by atoms with Crippen LogP contribution in [0.15, 0.2) is 48.8 Å². The summed E-state index contributed by atoms with van der Waals surface area (Å²) in [5.41, 5.74) is 3.26. The van der Waals surface area contributed by atoms with Crippen molar-refractivity contribution in [2.75, 3.05) is 13.1 Å². The van der Waals surface area contributed by atoms with Gasteiger partial charge >= 0.3 is 0 Å². The summed E-state index contributed by atoms with van der Waals surface area (Å²) >= 11 is 0. The van der Waals surface area contributed by atoms with Crippen LogP contribution in [0, 0.1) is 12.8 Å². The molecule has 0 radical (unpaired) electrons. The number of carbonyl (C=O) groups is 2. The lowest BCUT2D eigenvalue weighted by Gasteiger charge is -2.31. The third-order valence-corrected chi connectivity index (χ3v) is 5.04. The van der Waals surface area contributed by atoms with Gasteiger partial charge in [-0.1, -0.05) is 24.3 Å². The minimum absolute atomic E-state index is 0.0145. The summed E-state index contributed by atoms with van der Waals surface area (Å²) in [4.78, 5) is 30.7. The normalized spacial score (nSPS) is 14.9. The third-order valence-electron chi connectivity index (χ3n) is 5.04. The quantitative estimate of drug-likeness (QED) is 0.900. The number of pyridine rings is 1. The molecule has 3 rings (SSSR count). The Labute approximate surface area is 154 Å². The molecule has 0 aliphatic carbocycles. The Hall–Kier alpha value is -2.69. The topological polar surface area (TPSA) is 62.3 Å². The zero-order valence-corrected chi connectivity index (χ0v) is 15.1. The fraction of sp³-hybridized carbons (Fsp3) is 0.381. The Morgan fingerprint density at radius 1 is 1.12 bits per heavy atom. The number of benzene rings is 1. The Bertz CT molecular complexity index is 753. The van der Waals surface area contributed by atoms with Crippen molar-refractivity contribution in [2.24, 2.45) is 5.92 Å². The standard InChI is InChI=1S/C21H25N3O2/c1-16-4-2-3-5-19(16)14-20(25)24-12-8-18(9-13-24)21(26)23-15-17-6-10-22-11-7-17/h2-7,10-11,18H,8-9,12-15H2,1H3,(H,23,26). The Morgan fingerprint density at radius 2 is 1.81 bits per heavy atom. The predicted octanol–water partition coefficient (Wildman–Crippen LogP) is 2.49. The van der Waals surface area contributed by atoms with Crippen molar-refractivity contribution in [3.05, 3.63) is 65.5 Å². The van der Waals surface area contributed by atoms with Gasteiger partial charge in [0.25, 0.3) is 0 Å². The van der Waals surface area contributed by atoms with Gasteiger partial charge in [0, 0.05) is 37.9 Å². The average molecular weight is 351 g/mol. The molecule has 2 heterocycles. The second kappa shape index (κ2) is 8.61. The molecule has 0 spiro atoms. The van der Waals surface area contributed by atoms with Gasteiger partial charge in [0.1, 0.15) is 0 Å². The van der Waals surface area contributed by atoms with Gasteiger partial charge in [-0.25, -0.2) is 0 Å². The molecule has 2 amide bonds.